The maximum absolute atomic E-state index is 13.0. The average molecular weight is 407 g/mol. The first-order chi connectivity index (χ1) is 11.9. The molecule has 0 bridgehead atoms. The van der Waals surface area contributed by atoms with Crippen LogP contribution in [-0.2, 0) is 20.8 Å². The van der Waals surface area contributed by atoms with Gasteiger partial charge in [-0.15, -0.1) is 0 Å². The van der Waals surface area contributed by atoms with Crippen molar-refractivity contribution in [2.24, 2.45) is 0 Å². The Bertz CT molecular complexity index is 927. The van der Waals surface area contributed by atoms with Crippen molar-refractivity contribution in [3.05, 3.63) is 53.2 Å². The van der Waals surface area contributed by atoms with Crippen LogP contribution in [0.25, 0.3) is 0 Å². The molecule has 1 N–H and O–H groups in total. The molecule has 2 aromatic rings. The first kappa shape index (κ1) is 20.2. The minimum absolute atomic E-state index is 0.181. The summed E-state index contributed by atoms with van der Waals surface area (Å²) >= 11 is 5.72. The Morgan fingerprint density at radius 1 is 1.12 bits per heavy atom. The van der Waals surface area contributed by atoms with E-state index in [4.69, 9.17) is 11.6 Å². The van der Waals surface area contributed by atoms with E-state index >= 15 is 0 Å². The molecule has 2 rings (SSSR count). The van der Waals surface area contributed by atoms with Crippen molar-refractivity contribution in [1.82, 2.24) is 4.98 Å². The predicted octanol–water partition coefficient (Wildman–Crippen LogP) is 3.94. The summed E-state index contributed by atoms with van der Waals surface area (Å²) in [5.41, 5.74) is -1.17. The number of nitrogens with one attached hydrogen (secondary N) is 1. The van der Waals surface area contributed by atoms with E-state index in [1.807, 2.05) is 5.32 Å². The fourth-order valence-electron chi connectivity index (χ4n) is 2.02. The lowest BCUT2D eigenvalue weighted by Crippen LogP contribution is -2.44. The largest absolute Gasteiger partial charge is 0.419 e. The van der Waals surface area contributed by atoms with Gasteiger partial charge in [0.05, 0.1) is 10.5 Å². The molecule has 0 aliphatic carbocycles. The maximum Gasteiger partial charge on any atom is 0.419 e. The molecule has 0 aliphatic heterocycles. The van der Waals surface area contributed by atoms with Crippen molar-refractivity contribution in [2.45, 2.75) is 29.7 Å². The number of sulfone groups is 1. The number of aromatic nitrogens is 1. The van der Waals surface area contributed by atoms with Crippen LogP contribution < -0.4 is 5.32 Å². The number of benzene rings is 1. The van der Waals surface area contributed by atoms with Crippen LogP contribution in [0, 0.1) is 0 Å². The summed E-state index contributed by atoms with van der Waals surface area (Å²) in [6.07, 6.45) is -3.69. The number of carbonyl (C=O) groups excluding carboxylic acids is 1. The normalized spacial score (nSPS) is 12.7. The van der Waals surface area contributed by atoms with Gasteiger partial charge in [0.1, 0.15) is 10.6 Å². The Labute approximate surface area is 153 Å². The van der Waals surface area contributed by atoms with Gasteiger partial charge in [0.25, 0.3) is 0 Å². The summed E-state index contributed by atoms with van der Waals surface area (Å²) in [6, 6.07) is 6.91. The van der Waals surface area contributed by atoms with Gasteiger partial charge in [-0.2, -0.15) is 13.2 Å². The third kappa shape index (κ3) is 3.83. The third-order valence-electron chi connectivity index (χ3n) is 3.69. The summed E-state index contributed by atoms with van der Waals surface area (Å²) in [6.45, 7) is 2.20. The maximum atomic E-state index is 13.0. The van der Waals surface area contributed by atoms with Crippen LogP contribution in [0.1, 0.15) is 19.4 Å². The van der Waals surface area contributed by atoms with Gasteiger partial charge in [-0.25, -0.2) is 13.4 Å². The summed E-state index contributed by atoms with van der Waals surface area (Å²) < 4.78 is 62.4. The lowest BCUT2D eigenvalue weighted by molar-refractivity contribution is -0.137. The topological polar surface area (TPSA) is 76.1 Å². The molecule has 140 valence electrons. The predicted molar refractivity (Wildman–Crippen MR) is 90.6 cm³/mol. The van der Waals surface area contributed by atoms with Gasteiger partial charge < -0.3 is 5.32 Å². The van der Waals surface area contributed by atoms with Crippen molar-refractivity contribution < 1.29 is 26.4 Å². The Kier molecular flexibility index (Phi) is 5.34. The number of nitrogens with zero attached hydrogens (tertiary/aromatic N) is 1. The SMILES string of the molecule is CC(C)(C(=O)Nc1ncccc1C(F)(F)F)S(=O)(=O)c1ccc(Cl)cc1. The lowest BCUT2D eigenvalue weighted by Gasteiger charge is -2.24. The van der Waals surface area contributed by atoms with Crippen LogP contribution in [0.2, 0.25) is 5.02 Å². The van der Waals surface area contributed by atoms with E-state index in [9.17, 15) is 26.4 Å². The second-order valence-electron chi connectivity index (χ2n) is 5.82. The number of pyridine rings is 1. The second kappa shape index (κ2) is 6.88. The molecule has 1 aromatic heterocycles. The smallest absolute Gasteiger partial charge is 0.309 e. The summed E-state index contributed by atoms with van der Waals surface area (Å²) in [7, 11) is -4.20. The molecule has 0 radical (unpaired) electrons. The number of halogens is 4. The zero-order valence-corrected chi connectivity index (χ0v) is 15.2. The molecule has 0 atom stereocenters. The molecule has 0 aliphatic rings. The molecular weight excluding hydrogens is 393 g/mol. The molecule has 1 heterocycles. The first-order valence-corrected chi connectivity index (χ1v) is 9.07. The molecule has 0 fully saturated rings. The second-order valence-corrected chi connectivity index (χ2v) is 8.75. The number of hydrogen-bond acceptors (Lipinski definition) is 4. The summed E-state index contributed by atoms with van der Waals surface area (Å²) in [5.74, 6) is -1.90. The van der Waals surface area contributed by atoms with Gasteiger partial charge in [0, 0.05) is 11.2 Å². The fraction of sp³-hybridized carbons (Fsp3) is 0.250. The highest BCUT2D eigenvalue weighted by Crippen LogP contribution is 2.34. The number of anilines is 1. The standard InChI is InChI=1S/C16H14ClF3N2O3S/c1-15(2,26(24,25)11-7-5-10(17)6-8-11)14(23)22-13-12(16(18,19)20)4-3-9-21-13/h3-9H,1-2H3,(H,21,22,23). The molecule has 26 heavy (non-hydrogen) atoms. The molecule has 5 nitrogen and oxygen atoms in total. The van der Waals surface area contributed by atoms with Crippen LogP contribution in [0.5, 0.6) is 0 Å². The molecule has 10 heteroatoms. The quantitative estimate of drug-likeness (QED) is 0.834. The van der Waals surface area contributed by atoms with Crippen molar-refractivity contribution in [3.8, 4) is 0 Å². The summed E-state index contributed by atoms with van der Waals surface area (Å²) in [4.78, 5) is 15.8. The number of carbonyl (C=O) groups is 1. The van der Waals surface area contributed by atoms with Crippen LogP contribution in [0.15, 0.2) is 47.5 Å². The van der Waals surface area contributed by atoms with Crippen molar-refractivity contribution in [3.63, 3.8) is 0 Å². The number of amides is 1. The van der Waals surface area contributed by atoms with Gasteiger partial charge in [0.15, 0.2) is 9.84 Å². The van der Waals surface area contributed by atoms with Crippen LogP contribution >= 0.6 is 11.6 Å². The van der Waals surface area contributed by atoms with Crippen LogP contribution in [-0.4, -0.2) is 24.1 Å². The molecule has 1 aromatic carbocycles. The average Bonchev–Trinajstić information content (AvgIpc) is 2.54. The number of alkyl halides is 3. The zero-order chi connectivity index (χ0) is 19.8. The summed E-state index contributed by atoms with van der Waals surface area (Å²) in [5, 5.41) is 2.27. The fourth-order valence-corrected chi connectivity index (χ4v) is 3.53. The third-order valence-corrected chi connectivity index (χ3v) is 6.36. The van der Waals surface area contributed by atoms with E-state index in [0.717, 1.165) is 32.2 Å². The molecule has 0 unspecified atom stereocenters. The minimum Gasteiger partial charge on any atom is -0.309 e. The van der Waals surface area contributed by atoms with Gasteiger partial charge in [0.2, 0.25) is 5.91 Å². The van der Waals surface area contributed by atoms with E-state index in [1.54, 1.807) is 0 Å². The molecule has 0 saturated heterocycles. The van der Waals surface area contributed by atoms with E-state index < -0.39 is 38.0 Å². The number of rotatable bonds is 4. The Hall–Kier alpha value is -2.13. The van der Waals surface area contributed by atoms with Gasteiger partial charge in [-0.1, -0.05) is 11.6 Å². The highest BCUT2D eigenvalue weighted by molar-refractivity contribution is 7.93. The highest BCUT2D eigenvalue weighted by atomic mass is 35.5. The van der Waals surface area contributed by atoms with Crippen LogP contribution in [0.3, 0.4) is 0 Å². The Morgan fingerprint density at radius 3 is 2.23 bits per heavy atom. The van der Waals surface area contributed by atoms with Gasteiger partial charge >= 0.3 is 6.18 Å². The van der Waals surface area contributed by atoms with Crippen molar-refractivity contribution in [1.29, 1.82) is 0 Å². The monoisotopic (exact) mass is 406 g/mol. The van der Waals surface area contributed by atoms with Crippen molar-refractivity contribution >= 4 is 33.2 Å². The molecular formula is C16H14ClF3N2O3S. The van der Waals surface area contributed by atoms with Crippen molar-refractivity contribution in [2.75, 3.05) is 5.32 Å². The van der Waals surface area contributed by atoms with E-state index in [0.29, 0.717) is 5.02 Å². The zero-order valence-electron chi connectivity index (χ0n) is 13.6. The highest BCUT2D eigenvalue weighted by Gasteiger charge is 2.44. The van der Waals surface area contributed by atoms with E-state index in [2.05, 4.69) is 4.98 Å². The molecule has 0 saturated carbocycles. The van der Waals surface area contributed by atoms with Gasteiger partial charge in [-0.3, -0.25) is 4.79 Å². The number of hydrogen-bond donors (Lipinski definition) is 1. The molecule has 0 spiro atoms. The first-order valence-electron chi connectivity index (χ1n) is 7.21. The minimum atomic E-state index is -4.75. The van der Waals surface area contributed by atoms with Crippen LogP contribution in [0.4, 0.5) is 19.0 Å². The van der Waals surface area contributed by atoms with E-state index in [-0.39, 0.29) is 4.90 Å². The van der Waals surface area contributed by atoms with E-state index in [1.165, 1.54) is 24.3 Å². The lowest BCUT2D eigenvalue weighted by atomic mass is 10.2. The molecule has 1 amide bonds. The Morgan fingerprint density at radius 2 is 1.69 bits per heavy atom. The Balaban J connectivity index is 2.39. The van der Waals surface area contributed by atoms with Gasteiger partial charge in [-0.05, 0) is 50.2 Å².